The van der Waals surface area contributed by atoms with Crippen LogP contribution in [-0.4, -0.2) is 18.3 Å². The zero-order chi connectivity index (χ0) is 15.1. The Kier molecular flexibility index (Phi) is 4.05. The summed E-state index contributed by atoms with van der Waals surface area (Å²) in [5.41, 5.74) is 0.904. The van der Waals surface area contributed by atoms with Crippen LogP contribution in [0.2, 0.25) is 5.02 Å². The molecule has 110 valence electrons. The van der Waals surface area contributed by atoms with Crippen LogP contribution in [0.4, 0.5) is 8.78 Å². The standard InChI is InChI=1S/C15H17ClF2O2/c1-15(2,3)12(19)6-8-4-5-10(16)13-9(8)7-11(20-13)14(17)18/h4-5,11,14H,6-7H2,1-3H3. The molecule has 0 fully saturated rings. The predicted octanol–water partition coefficient (Wildman–Crippen LogP) is 4.07. The summed E-state index contributed by atoms with van der Waals surface area (Å²) >= 11 is 5.98. The SMILES string of the molecule is CC(C)(C)C(=O)Cc1ccc(Cl)c2c1CC(C(F)F)O2. The number of halogens is 3. The minimum absolute atomic E-state index is 0.0579. The van der Waals surface area contributed by atoms with Gasteiger partial charge in [-0.1, -0.05) is 38.4 Å². The number of alkyl halides is 2. The van der Waals surface area contributed by atoms with E-state index >= 15 is 0 Å². The molecule has 0 radical (unpaired) electrons. The van der Waals surface area contributed by atoms with E-state index in [9.17, 15) is 13.6 Å². The zero-order valence-electron chi connectivity index (χ0n) is 11.7. The fourth-order valence-corrected chi connectivity index (χ4v) is 2.35. The van der Waals surface area contributed by atoms with Crippen molar-refractivity contribution in [3.05, 3.63) is 28.3 Å². The molecule has 2 nitrogen and oxygen atoms in total. The lowest BCUT2D eigenvalue weighted by molar-refractivity contribution is -0.125. The number of Topliss-reactive ketones (excluding diaryl/α,β-unsaturated/α-hetero) is 1. The van der Waals surface area contributed by atoms with Crippen LogP contribution < -0.4 is 4.74 Å². The van der Waals surface area contributed by atoms with Crippen LogP contribution in [0, 0.1) is 5.41 Å². The summed E-state index contributed by atoms with van der Waals surface area (Å²) < 4.78 is 30.8. The normalized spacial score (nSPS) is 18.1. The topological polar surface area (TPSA) is 26.3 Å². The van der Waals surface area contributed by atoms with Gasteiger partial charge in [0.15, 0.2) is 6.10 Å². The maximum atomic E-state index is 12.8. The van der Waals surface area contributed by atoms with Gasteiger partial charge < -0.3 is 4.74 Å². The van der Waals surface area contributed by atoms with Gasteiger partial charge in [-0.3, -0.25) is 4.79 Å². The van der Waals surface area contributed by atoms with E-state index in [1.807, 2.05) is 20.8 Å². The minimum Gasteiger partial charge on any atom is -0.482 e. The Hall–Kier alpha value is -1.16. The van der Waals surface area contributed by atoms with Crippen LogP contribution in [0.3, 0.4) is 0 Å². The van der Waals surface area contributed by atoms with Gasteiger partial charge in [-0.15, -0.1) is 0 Å². The average molecular weight is 303 g/mol. The molecule has 0 spiro atoms. The smallest absolute Gasteiger partial charge is 0.275 e. The lowest BCUT2D eigenvalue weighted by Crippen LogP contribution is -2.23. The molecular weight excluding hydrogens is 286 g/mol. The van der Waals surface area contributed by atoms with Crippen LogP contribution >= 0.6 is 11.6 Å². The van der Waals surface area contributed by atoms with Crippen molar-refractivity contribution >= 4 is 17.4 Å². The molecule has 0 bridgehead atoms. The van der Waals surface area contributed by atoms with E-state index in [-0.39, 0.29) is 18.6 Å². The first-order valence-electron chi connectivity index (χ1n) is 6.48. The van der Waals surface area contributed by atoms with Crippen molar-refractivity contribution < 1.29 is 18.3 Å². The number of hydrogen-bond donors (Lipinski definition) is 0. The van der Waals surface area contributed by atoms with Crippen LogP contribution in [0.15, 0.2) is 12.1 Å². The molecule has 1 aromatic carbocycles. The van der Waals surface area contributed by atoms with E-state index in [0.29, 0.717) is 16.3 Å². The first-order chi connectivity index (χ1) is 9.20. The van der Waals surface area contributed by atoms with Crippen LogP contribution in [0.25, 0.3) is 0 Å². The molecule has 1 aliphatic rings. The molecule has 20 heavy (non-hydrogen) atoms. The van der Waals surface area contributed by atoms with Crippen molar-refractivity contribution in [2.75, 3.05) is 0 Å². The van der Waals surface area contributed by atoms with Gasteiger partial charge in [0.05, 0.1) is 5.02 Å². The van der Waals surface area contributed by atoms with Crippen molar-refractivity contribution in [3.8, 4) is 5.75 Å². The molecule has 5 heteroatoms. The number of ether oxygens (including phenoxy) is 1. The van der Waals surface area contributed by atoms with Gasteiger partial charge in [0, 0.05) is 23.8 Å². The first kappa shape index (κ1) is 15.2. The molecule has 1 atom stereocenters. The highest BCUT2D eigenvalue weighted by atomic mass is 35.5. The number of rotatable bonds is 3. The summed E-state index contributed by atoms with van der Waals surface area (Å²) in [5.74, 6) is 0.360. The average Bonchev–Trinajstić information content (AvgIpc) is 2.77. The molecule has 1 aliphatic heterocycles. The predicted molar refractivity (Wildman–Crippen MR) is 73.7 cm³/mol. The third-order valence-corrected chi connectivity index (χ3v) is 3.75. The molecule has 0 amide bonds. The van der Waals surface area contributed by atoms with E-state index in [0.717, 1.165) is 5.56 Å². The maximum absolute atomic E-state index is 12.8. The van der Waals surface area contributed by atoms with Crippen molar-refractivity contribution in [1.82, 2.24) is 0 Å². The minimum atomic E-state index is -2.57. The lowest BCUT2D eigenvalue weighted by Gasteiger charge is -2.17. The van der Waals surface area contributed by atoms with Crippen molar-refractivity contribution in [3.63, 3.8) is 0 Å². The zero-order valence-corrected chi connectivity index (χ0v) is 12.4. The highest BCUT2D eigenvalue weighted by Gasteiger charge is 2.34. The Morgan fingerprint density at radius 1 is 1.45 bits per heavy atom. The van der Waals surface area contributed by atoms with Crippen molar-refractivity contribution in [2.24, 2.45) is 5.41 Å². The van der Waals surface area contributed by atoms with Gasteiger partial charge in [0.25, 0.3) is 6.43 Å². The highest BCUT2D eigenvalue weighted by Crippen LogP contribution is 2.40. The van der Waals surface area contributed by atoms with E-state index in [1.165, 1.54) is 0 Å². The molecule has 1 aromatic rings. The Bertz CT molecular complexity index is 535. The number of carbonyl (C=O) groups excluding carboxylic acids is 1. The molecular formula is C15H17ClF2O2. The Labute approximate surface area is 122 Å². The quantitative estimate of drug-likeness (QED) is 0.841. The summed E-state index contributed by atoms with van der Waals surface area (Å²) in [7, 11) is 0. The number of ketones is 1. The van der Waals surface area contributed by atoms with E-state index < -0.39 is 17.9 Å². The Balaban J connectivity index is 2.31. The third kappa shape index (κ3) is 2.95. The number of carbonyl (C=O) groups is 1. The molecule has 0 N–H and O–H groups in total. The van der Waals surface area contributed by atoms with Gasteiger partial charge in [-0.05, 0) is 11.6 Å². The van der Waals surface area contributed by atoms with E-state index in [1.54, 1.807) is 12.1 Å². The highest BCUT2D eigenvalue weighted by molar-refractivity contribution is 6.32. The van der Waals surface area contributed by atoms with Gasteiger partial charge in [0.1, 0.15) is 11.5 Å². The van der Waals surface area contributed by atoms with Crippen LogP contribution in [0.5, 0.6) is 5.75 Å². The molecule has 0 saturated heterocycles. The van der Waals surface area contributed by atoms with Gasteiger partial charge in [0.2, 0.25) is 0 Å². The molecule has 0 aromatic heterocycles. The van der Waals surface area contributed by atoms with Gasteiger partial charge >= 0.3 is 0 Å². The maximum Gasteiger partial charge on any atom is 0.275 e. The molecule has 0 aliphatic carbocycles. The fraction of sp³-hybridized carbons (Fsp3) is 0.533. The van der Waals surface area contributed by atoms with Crippen molar-refractivity contribution in [2.45, 2.75) is 46.1 Å². The van der Waals surface area contributed by atoms with Gasteiger partial charge in [-0.2, -0.15) is 0 Å². The summed E-state index contributed by atoms with van der Waals surface area (Å²) in [6.45, 7) is 5.51. The lowest BCUT2D eigenvalue weighted by atomic mass is 9.85. The van der Waals surface area contributed by atoms with Crippen molar-refractivity contribution in [1.29, 1.82) is 0 Å². The second-order valence-electron chi connectivity index (χ2n) is 6.06. The fourth-order valence-electron chi connectivity index (χ4n) is 2.13. The summed E-state index contributed by atoms with van der Waals surface area (Å²) in [4.78, 5) is 12.1. The molecule has 2 rings (SSSR count). The monoisotopic (exact) mass is 302 g/mol. The summed E-state index contributed by atoms with van der Waals surface area (Å²) in [6, 6.07) is 3.32. The molecule has 1 heterocycles. The Morgan fingerprint density at radius 2 is 2.10 bits per heavy atom. The second kappa shape index (κ2) is 5.32. The largest absolute Gasteiger partial charge is 0.482 e. The molecule has 0 saturated carbocycles. The number of fused-ring (bicyclic) bond motifs is 1. The third-order valence-electron chi connectivity index (χ3n) is 3.45. The van der Waals surface area contributed by atoms with Crippen LogP contribution in [0.1, 0.15) is 31.9 Å². The molecule has 1 unspecified atom stereocenters. The first-order valence-corrected chi connectivity index (χ1v) is 6.86. The van der Waals surface area contributed by atoms with E-state index in [2.05, 4.69) is 0 Å². The number of hydrogen-bond acceptors (Lipinski definition) is 2. The van der Waals surface area contributed by atoms with Crippen LogP contribution in [-0.2, 0) is 17.6 Å². The summed E-state index contributed by atoms with van der Waals surface area (Å²) in [5, 5.41) is 0.315. The van der Waals surface area contributed by atoms with Gasteiger partial charge in [-0.25, -0.2) is 8.78 Å². The summed E-state index contributed by atoms with van der Waals surface area (Å²) in [6.07, 6.45) is -3.43. The van der Waals surface area contributed by atoms with E-state index in [4.69, 9.17) is 16.3 Å². The Morgan fingerprint density at radius 3 is 2.65 bits per heavy atom. The number of benzene rings is 1. The second-order valence-corrected chi connectivity index (χ2v) is 6.47.